The molecular weight excluding hydrogens is 577 g/mol. The van der Waals surface area contributed by atoms with Crippen LogP contribution in [-0.4, -0.2) is 0 Å². The molecule has 1 aliphatic carbocycles. The molecule has 9 aromatic rings. The maximum atomic E-state index is 2.34. The topological polar surface area (TPSA) is 0 Å². The summed E-state index contributed by atoms with van der Waals surface area (Å²) in [5.74, 6) is 0. The van der Waals surface area contributed by atoms with E-state index in [1.54, 1.807) is 0 Å². The molecule has 9 aromatic carbocycles. The maximum absolute atomic E-state index is 2.34. The molecule has 0 heteroatoms. The van der Waals surface area contributed by atoms with Crippen molar-refractivity contribution in [2.24, 2.45) is 0 Å². The normalized spacial score (nSPS) is 11.8. The molecule has 0 saturated carbocycles. The number of rotatable bonds is 4. The Bertz CT molecular complexity index is 2580. The average Bonchev–Trinajstić information content (AvgIpc) is 3.50. The molecule has 48 heavy (non-hydrogen) atoms. The van der Waals surface area contributed by atoms with E-state index in [4.69, 9.17) is 0 Å². The molecule has 0 heterocycles. The van der Waals surface area contributed by atoms with Crippen LogP contribution in [0.25, 0.3) is 99.1 Å². The fraction of sp³-hybridized carbons (Fsp3) is 0. The van der Waals surface area contributed by atoms with Crippen molar-refractivity contribution in [2.45, 2.75) is 0 Å². The van der Waals surface area contributed by atoms with Crippen LogP contribution in [0.3, 0.4) is 0 Å². The molecule has 0 spiro atoms. The van der Waals surface area contributed by atoms with Crippen molar-refractivity contribution in [3.63, 3.8) is 0 Å². The summed E-state index contributed by atoms with van der Waals surface area (Å²) in [6.45, 7) is 0. The molecule has 0 saturated heterocycles. The van der Waals surface area contributed by atoms with Gasteiger partial charge in [-0.25, -0.2) is 0 Å². The fourth-order valence-electron chi connectivity index (χ4n) is 8.28. The number of benzene rings is 9. The Morgan fingerprint density at radius 2 is 0.625 bits per heavy atom. The molecule has 1 aliphatic rings. The molecule has 0 atom stereocenters. The Hall–Kier alpha value is -6.24. The second-order valence-corrected chi connectivity index (χ2v) is 12.7. The summed E-state index contributed by atoms with van der Waals surface area (Å²) in [6.07, 6.45) is 0. The first-order chi connectivity index (χ1) is 23.9. The Morgan fingerprint density at radius 1 is 0.208 bits per heavy atom. The predicted molar refractivity (Wildman–Crippen MR) is 205 cm³/mol. The lowest BCUT2D eigenvalue weighted by molar-refractivity contribution is 1.58. The highest BCUT2D eigenvalue weighted by Gasteiger charge is 2.27. The minimum Gasteiger partial charge on any atom is -0.0622 e. The van der Waals surface area contributed by atoms with Crippen molar-refractivity contribution in [2.75, 3.05) is 0 Å². The zero-order valence-electron chi connectivity index (χ0n) is 26.3. The van der Waals surface area contributed by atoms with Gasteiger partial charge >= 0.3 is 0 Å². The van der Waals surface area contributed by atoms with Crippen LogP contribution in [0.2, 0.25) is 0 Å². The highest BCUT2D eigenvalue weighted by Crippen LogP contribution is 2.54. The Morgan fingerprint density at radius 3 is 1.19 bits per heavy atom. The van der Waals surface area contributed by atoms with Gasteiger partial charge in [0.05, 0.1) is 0 Å². The summed E-state index contributed by atoms with van der Waals surface area (Å²) in [5.41, 5.74) is 15.3. The number of fused-ring (bicyclic) bond motifs is 5. The molecule has 222 valence electrons. The first-order valence-electron chi connectivity index (χ1n) is 16.7. The van der Waals surface area contributed by atoms with E-state index >= 15 is 0 Å². The van der Waals surface area contributed by atoms with Crippen LogP contribution >= 0.6 is 0 Å². The largest absolute Gasteiger partial charge is 0.0622 e. The number of hydrogen-bond acceptors (Lipinski definition) is 0. The molecule has 0 aliphatic heterocycles. The van der Waals surface area contributed by atoms with E-state index in [1.165, 1.54) is 99.1 Å². The summed E-state index contributed by atoms with van der Waals surface area (Å²) in [7, 11) is 0. The smallest absolute Gasteiger partial charge is 0.00139 e. The molecule has 0 bridgehead atoms. The van der Waals surface area contributed by atoms with Crippen molar-refractivity contribution >= 4 is 32.3 Å². The van der Waals surface area contributed by atoms with Crippen molar-refractivity contribution in [1.82, 2.24) is 0 Å². The van der Waals surface area contributed by atoms with Crippen molar-refractivity contribution in [1.29, 1.82) is 0 Å². The van der Waals surface area contributed by atoms with Gasteiger partial charge in [0.15, 0.2) is 0 Å². The summed E-state index contributed by atoms with van der Waals surface area (Å²) < 4.78 is 0. The van der Waals surface area contributed by atoms with Gasteiger partial charge in [0.2, 0.25) is 0 Å². The van der Waals surface area contributed by atoms with Crippen molar-refractivity contribution in [3.05, 3.63) is 182 Å². The van der Waals surface area contributed by atoms with Gasteiger partial charge < -0.3 is 0 Å². The first-order valence-corrected chi connectivity index (χ1v) is 16.7. The van der Waals surface area contributed by atoms with Crippen LogP contribution in [0.1, 0.15) is 0 Å². The van der Waals surface area contributed by atoms with Crippen molar-refractivity contribution < 1.29 is 0 Å². The van der Waals surface area contributed by atoms with E-state index in [1.807, 2.05) is 0 Å². The van der Waals surface area contributed by atoms with Crippen LogP contribution in [0.4, 0.5) is 0 Å². The minimum atomic E-state index is 1.22. The molecule has 0 radical (unpaired) electrons. The Balaban J connectivity index is 1.36. The fourth-order valence-corrected chi connectivity index (χ4v) is 8.28. The molecule has 0 amide bonds. The Labute approximate surface area is 280 Å². The van der Waals surface area contributed by atoms with Gasteiger partial charge in [-0.15, -0.1) is 0 Å². The molecule has 0 N–H and O–H groups in total. The molecule has 0 nitrogen and oxygen atoms in total. The second kappa shape index (κ2) is 10.7. The zero-order chi connectivity index (χ0) is 31.6. The third kappa shape index (κ3) is 3.90. The third-order valence-corrected chi connectivity index (χ3v) is 10.2. The van der Waals surface area contributed by atoms with Gasteiger partial charge in [-0.05, 0) is 99.1 Å². The lowest BCUT2D eigenvalue weighted by atomic mass is 9.80. The van der Waals surface area contributed by atoms with Crippen LogP contribution in [0.15, 0.2) is 182 Å². The summed E-state index contributed by atoms with van der Waals surface area (Å²) in [6, 6.07) is 66.9. The minimum absolute atomic E-state index is 1.22. The van der Waals surface area contributed by atoms with E-state index in [9.17, 15) is 0 Å². The number of hydrogen-bond donors (Lipinski definition) is 0. The summed E-state index contributed by atoms with van der Waals surface area (Å²) >= 11 is 0. The van der Waals surface area contributed by atoms with Crippen LogP contribution in [0.5, 0.6) is 0 Å². The average molecular weight is 607 g/mol. The van der Waals surface area contributed by atoms with E-state index < -0.39 is 0 Å². The molecular formula is C48H30. The lowest BCUT2D eigenvalue weighted by Crippen LogP contribution is -1.96. The SMILES string of the molecule is c1ccc(-c2cccc(-c3ccccc3)c2-c2c3ccccc3c(-c3cccc4c3-c3cccc5cccc-4c35)c3ccccc23)cc1. The second-order valence-electron chi connectivity index (χ2n) is 12.7. The highest BCUT2D eigenvalue weighted by molar-refractivity contribution is 6.27. The third-order valence-electron chi connectivity index (χ3n) is 10.2. The molecule has 0 aromatic heterocycles. The quantitative estimate of drug-likeness (QED) is 0.175. The van der Waals surface area contributed by atoms with Gasteiger partial charge in [0, 0.05) is 0 Å². The van der Waals surface area contributed by atoms with Gasteiger partial charge in [-0.1, -0.05) is 182 Å². The standard InChI is InChI=1S/C48H30/c1-3-15-31(16-4-1)34-25-13-26-35(32-17-5-2-6-18-32)47(34)48-40-23-9-7-21-37(40)45(38-22-8-10-24-41(38)48)43-30-14-28-39-36-27-11-19-33-20-12-29-42(44(33)36)46(39)43/h1-30H. The predicted octanol–water partition coefficient (Wildman–Crippen LogP) is 13.5. The summed E-state index contributed by atoms with van der Waals surface area (Å²) in [4.78, 5) is 0. The van der Waals surface area contributed by atoms with E-state index in [-0.39, 0.29) is 0 Å². The van der Waals surface area contributed by atoms with E-state index in [0.29, 0.717) is 0 Å². The van der Waals surface area contributed by atoms with Crippen LogP contribution < -0.4 is 0 Å². The monoisotopic (exact) mass is 606 g/mol. The molecule has 10 rings (SSSR count). The van der Waals surface area contributed by atoms with Gasteiger partial charge in [0.25, 0.3) is 0 Å². The highest BCUT2D eigenvalue weighted by atomic mass is 14.3. The van der Waals surface area contributed by atoms with Gasteiger partial charge in [-0.3, -0.25) is 0 Å². The van der Waals surface area contributed by atoms with Gasteiger partial charge in [-0.2, -0.15) is 0 Å². The lowest BCUT2D eigenvalue weighted by Gasteiger charge is -2.23. The molecule has 0 fully saturated rings. The van der Waals surface area contributed by atoms with E-state index in [0.717, 1.165) is 0 Å². The van der Waals surface area contributed by atoms with E-state index in [2.05, 4.69) is 182 Å². The Kier molecular flexibility index (Phi) is 5.98. The first kappa shape index (κ1) is 26.9. The van der Waals surface area contributed by atoms with Crippen LogP contribution in [-0.2, 0) is 0 Å². The molecule has 0 unspecified atom stereocenters. The zero-order valence-corrected chi connectivity index (χ0v) is 26.3. The summed E-state index contributed by atoms with van der Waals surface area (Å²) in [5, 5.41) is 7.71. The van der Waals surface area contributed by atoms with Crippen LogP contribution in [0, 0.1) is 0 Å². The van der Waals surface area contributed by atoms with Crippen molar-refractivity contribution in [3.8, 4) is 66.8 Å². The maximum Gasteiger partial charge on any atom is -0.00139 e. The van der Waals surface area contributed by atoms with Gasteiger partial charge in [0.1, 0.15) is 0 Å².